The first-order valence-corrected chi connectivity index (χ1v) is 8.08. The molecule has 20 heavy (non-hydrogen) atoms. The minimum absolute atomic E-state index is 0.215. The molecule has 0 aromatic heterocycles. The van der Waals surface area contributed by atoms with Gasteiger partial charge in [0.2, 0.25) is 10.0 Å². The number of nitrogens with two attached hydrogens (primary N) is 1. The highest BCUT2D eigenvalue weighted by Gasteiger charge is 2.15. The minimum Gasteiger partial charge on any atom is -0.397 e. The van der Waals surface area contributed by atoms with Gasteiger partial charge in [-0.3, -0.25) is 0 Å². The molecule has 1 aromatic rings. The molecular weight excluding hydrogens is 278 g/mol. The molecule has 0 unspecified atom stereocenters. The number of hydrogen-bond acceptors (Lipinski definition) is 5. The minimum atomic E-state index is -3.47. The molecule has 114 valence electrons. The molecule has 1 rings (SSSR count). The summed E-state index contributed by atoms with van der Waals surface area (Å²) >= 11 is 0. The second-order valence-electron chi connectivity index (χ2n) is 4.34. The Kier molecular flexibility index (Phi) is 6.25. The largest absolute Gasteiger partial charge is 0.397 e. The smallest absolute Gasteiger partial charge is 0.240 e. The van der Waals surface area contributed by atoms with Gasteiger partial charge in [0.1, 0.15) is 0 Å². The molecule has 0 aliphatic carbocycles. The topological polar surface area (TPSA) is 84.7 Å². The molecule has 1 aromatic carbocycles. The number of nitrogens with one attached hydrogen (secondary N) is 1. The van der Waals surface area contributed by atoms with E-state index >= 15 is 0 Å². The third kappa shape index (κ3) is 4.36. The van der Waals surface area contributed by atoms with Gasteiger partial charge in [0, 0.05) is 26.7 Å². The SMILES string of the molecule is CCNS(=O)(=O)c1ccc(N)c(N(C)CCOCC)c1. The van der Waals surface area contributed by atoms with Crippen molar-refractivity contribution in [3.63, 3.8) is 0 Å². The molecule has 0 aliphatic heterocycles. The molecule has 0 fully saturated rings. The lowest BCUT2D eigenvalue weighted by Crippen LogP contribution is -2.26. The number of nitrogen functional groups attached to an aromatic ring is 1. The second kappa shape index (κ2) is 7.47. The first-order chi connectivity index (χ1) is 9.42. The second-order valence-corrected chi connectivity index (χ2v) is 6.11. The van der Waals surface area contributed by atoms with Crippen molar-refractivity contribution in [3.05, 3.63) is 18.2 Å². The predicted molar refractivity (Wildman–Crippen MR) is 81.5 cm³/mol. The van der Waals surface area contributed by atoms with Crippen molar-refractivity contribution in [1.29, 1.82) is 0 Å². The fourth-order valence-corrected chi connectivity index (χ4v) is 2.82. The molecule has 0 saturated carbocycles. The van der Waals surface area contributed by atoms with E-state index in [4.69, 9.17) is 10.5 Å². The van der Waals surface area contributed by atoms with Crippen LogP contribution < -0.4 is 15.4 Å². The maximum absolute atomic E-state index is 12.0. The van der Waals surface area contributed by atoms with E-state index < -0.39 is 10.0 Å². The van der Waals surface area contributed by atoms with Gasteiger partial charge in [-0.1, -0.05) is 6.92 Å². The number of rotatable bonds is 8. The van der Waals surface area contributed by atoms with Gasteiger partial charge in [-0.2, -0.15) is 0 Å². The van der Waals surface area contributed by atoms with Crippen LogP contribution >= 0.6 is 0 Å². The number of ether oxygens (including phenoxy) is 1. The highest BCUT2D eigenvalue weighted by Crippen LogP contribution is 2.25. The van der Waals surface area contributed by atoms with E-state index in [9.17, 15) is 8.42 Å². The summed E-state index contributed by atoms with van der Waals surface area (Å²) < 4.78 is 31.7. The van der Waals surface area contributed by atoms with Crippen LogP contribution in [0.4, 0.5) is 11.4 Å². The van der Waals surface area contributed by atoms with Crippen LogP contribution in [0.5, 0.6) is 0 Å². The van der Waals surface area contributed by atoms with Crippen LogP contribution in [0, 0.1) is 0 Å². The number of benzene rings is 1. The lowest BCUT2D eigenvalue weighted by atomic mass is 10.2. The van der Waals surface area contributed by atoms with Gasteiger partial charge in [0.15, 0.2) is 0 Å². The van der Waals surface area contributed by atoms with Gasteiger partial charge in [-0.15, -0.1) is 0 Å². The summed E-state index contributed by atoms with van der Waals surface area (Å²) in [6.45, 7) is 5.88. The van der Waals surface area contributed by atoms with Crippen molar-refractivity contribution < 1.29 is 13.2 Å². The van der Waals surface area contributed by atoms with Crippen LogP contribution in [-0.2, 0) is 14.8 Å². The molecule has 0 amide bonds. The van der Waals surface area contributed by atoms with Gasteiger partial charge < -0.3 is 15.4 Å². The van der Waals surface area contributed by atoms with E-state index in [1.54, 1.807) is 19.1 Å². The Bertz CT molecular complexity index is 532. The summed E-state index contributed by atoms with van der Waals surface area (Å²) in [5, 5.41) is 0. The molecule has 7 heteroatoms. The standard InChI is InChI=1S/C13H23N3O3S/c1-4-15-20(17,18)11-6-7-12(14)13(10-11)16(3)8-9-19-5-2/h6-7,10,15H,4-5,8-9,14H2,1-3H3. The van der Waals surface area contributed by atoms with Crippen LogP contribution in [-0.4, -0.2) is 41.8 Å². The van der Waals surface area contributed by atoms with E-state index in [1.165, 1.54) is 6.07 Å². The van der Waals surface area contributed by atoms with Crippen molar-refractivity contribution in [3.8, 4) is 0 Å². The maximum Gasteiger partial charge on any atom is 0.240 e. The molecule has 0 saturated heterocycles. The fraction of sp³-hybridized carbons (Fsp3) is 0.538. The summed E-state index contributed by atoms with van der Waals surface area (Å²) in [6, 6.07) is 4.70. The zero-order valence-electron chi connectivity index (χ0n) is 12.2. The number of nitrogens with zero attached hydrogens (tertiary/aromatic N) is 1. The van der Waals surface area contributed by atoms with E-state index in [-0.39, 0.29) is 4.90 Å². The monoisotopic (exact) mass is 301 g/mol. The summed E-state index contributed by atoms with van der Waals surface area (Å²) in [6.07, 6.45) is 0. The number of hydrogen-bond donors (Lipinski definition) is 2. The molecule has 0 atom stereocenters. The van der Waals surface area contributed by atoms with Crippen LogP contribution in [0.1, 0.15) is 13.8 Å². The summed E-state index contributed by atoms with van der Waals surface area (Å²) in [5.41, 5.74) is 7.14. The van der Waals surface area contributed by atoms with Crippen LogP contribution in [0.15, 0.2) is 23.1 Å². The number of sulfonamides is 1. The van der Waals surface area contributed by atoms with Crippen LogP contribution in [0.3, 0.4) is 0 Å². The van der Waals surface area contributed by atoms with E-state index in [0.29, 0.717) is 37.7 Å². The van der Waals surface area contributed by atoms with Gasteiger partial charge in [-0.05, 0) is 25.1 Å². The third-order valence-electron chi connectivity index (χ3n) is 2.83. The van der Waals surface area contributed by atoms with Crippen LogP contribution in [0.25, 0.3) is 0 Å². The predicted octanol–water partition coefficient (Wildman–Crippen LogP) is 1.04. The van der Waals surface area contributed by atoms with E-state index in [2.05, 4.69) is 4.72 Å². The molecular formula is C13H23N3O3S. The van der Waals surface area contributed by atoms with E-state index in [1.807, 2.05) is 18.9 Å². The first kappa shape index (κ1) is 16.7. The summed E-state index contributed by atoms with van der Waals surface area (Å²) in [5.74, 6) is 0. The Morgan fingerprint density at radius 2 is 2.05 bits per heavy atom. The van der Waals surface area contributed by atoms with Crippen molar-refractivity contribution in [2.24, 2.45) is 0 Å². The van der Waals surface area contributed by atoms with Crippen molar-refractivity contribution >= 4 is 21.4 Å². The average Bonchev–Trinajstić information content (AvgIpc) is 2.39. The molecule has 0 heterocycles. The van der Waals surface area contributed by atoms with Gasteiger partial charge in [0.25, 0.3) is 0 Å². The highest BCUT2D eigenvalue weighted by molar-refractivity contribution is 7.89. The average molecular weight is 301 g/mol. The quantitative estimate of drug-likeness (QED) is 0.553. The van der Waals surface area contributed by atoms with Crippen molar-refractivity contribution in [2.45, 2.75) is 18.7 Å². The molecule has 6 nitrogen and oxygen atoms in total. The maximum atomic E-state index is 12.0. The van der Waals surface area contributed by atoms with Crippen LogP contribution in [0.2, 0.25) is 0 Å². The third-order valence-corrected chi connectivity index (χ3v) is 4.38. The van der Waals surface area contributed by atoms with Crippen molar-refractivity contribution in [1.82, 2.24) is 4.72 Å². The molecule has 0 radical (unpaired) electrons. The highest BCUT2D eigenvalue weighted by atomic mass is 32.2. The van der Waals surface area contributed by atoms with Crippen molar-refractivity contribution in [2.75, 3.05) is 44.0 Å². The molecule has 0 spiro atoms. The molecule has 3 N–H and O–H groups in total. The lowest BCUT2D eigenvalue weighted by molar-refractivity contribution is 0.154. The number of likely N-dealkylation sites (N-methyl/N-ethyl adjacent to an activating group) is 1. The zero-order chi connectivity index (χ0) is 15.2. The van der Waals surface area contributed by atoms with E-state index in [0.717, 1.165) is 0 Å². The Labute approximate surface area is 121 Å². The van der Waals surface area contributed by atoms with Gasteiger partial charge in [0.05, 0.1) is 22.9 Å². The fourth-order valence-electron chi connectivity index (χ4n) is 1.76. The first-order valence-electron chi connectivity index (χ1n) is 6.60. The van der Waals surface area contributed by atoms with Gasteiger partial charge >= 0.3 is 0 Å². The molecule has 0 bridgehead atoms. The molecule has 0 aliphatic rings. The summed E-state index contributed by atoms with van der Waals surface area (Å²) in [4.78, 5) is 2.10. The summed E-state index contributed by atoms with van der Waals surface area (Å²) in [7, 11) is -1.62. The Morgan fingerprint density at radius 1 is 1.35 bits per heavy atom. The normalized spacial score (nSPS) is 11.6. The zero-order valence-corrected chi connectivity index (χ0v) is 13.0. The Morgan fingerprint density at radius 3 is 2.65 bits per heavy atom. The number of anilines is 2. The lowest BCUT2D eigenvalue weighted by Gasteiger charge is -2.21. The Hall–Kier alpha value is -1.31. The Balaban J connectivity index is 2.97. The van der Waals surface area contributed by atoms with Gasteiger partial charge in [-0.25, -0.2) is 13.1 Å².